The van der Waals surface area contributed by atoms with Crippen LogP contribution in [0.4, 0.5) is 9.18 Å². The quantitative estimate of drug-likeness (QED) is 0.374. The molecule has 1 heterocycles. The van der Waals surface area contributed by atoms with E-state index in [4.69, 9.17) is 39.5 Å². The number of amides is 2. The van der Waals surface area contributed by atoms with E-state index >= 15 is 4.39 Å². The van der Waals surface area contributed by atoms with Crippen molar-refractivity contribution >= 4 is 56.4 Å². The molecule has 1 aliphatic carbocycles. The minimum atomic E-state index is -4.25. The van der Waals surface area contributed by atoms with Crippen LogP contribution in [0.25, 0.3) is 5.57 Å². The lowest BCUT2D eigenvalue weighted by Crippen LogP contribution is -2.40. The number of benzene rings is 2. The first kappa shape index (κ1) is 27.3. The lowest BCUT2D eigenvalue weighted by atomic mass is 9.92. The highest BCUT2D eigenvalue weighted by molar-refractivity contribution is 7.90. The zero-order chi connectivity index (χ0) is 26.7. The first-order valence-corrected chi connectivity index (χ1v) is 13.7. The number of nitrogens with zero attached hydrogens (tertiary/aromatic N) is 2. The molecular weight excluding hydrogens is 566 g/mol. The molecular formula is C24H22Cl3FN4O4S. The number of hydrogen-bond donors (Lipinski definition) is 2. The maximum absolute atomic E-state index is 15.3. The van der Waals surface area contributed by atoms with Crippen LogP contribution in [0.1, 0.15) is 29.7 Å². The first-order chi connectivity index (χ1) is 17.6. The Morgan fingerprint density at radius 2 is 1.92 bits per heavy atom. The predicted octanol–water partition coefficient (Wildman–Crippen LogP) is 5.61. The molecule has 1 aromatic heterocycles. The van der Waals surface area contributed by atoms with Crippen LogP contribution in [-0.2, 0) is 23.0 Å². The van der Waals surface area contributed by atoms with Gasteiger partial charge in [-0.25, -0.2) is 22.3 Å². The van der Waals surface area contributed by atoms with Crippen LogP contribution in [0.2, 0.25) is 15.1 Å². The molecule has 0 aliphatic heterocycles. The first-order valence-electron chi connectivity index (χ1n) is 11.1. The van der Waals surface area contributed by atoms with Crippen molar-refractivity contribution in [2.24, 2.45) is 0 Å². The summed E-state index contributed by atoms with van der Waals surface area (Å²) in [5, 5.41) is 7.87. The van der Waals surface area contributed by atoms with Crippen LogP contribution in [0.5, 0.6) is 5.75 Å². The fraction of sp³-hybridized carbons (Fsp3) is 0.250. The lowest BCUT2D eigenvalue weighted by Gasteiger charge is -2.19. The van der Waals surface area contributed by atoms with Crippen molar-refractivity contribution in [2.75, 3.05) is 13.7 Å². The zero-order valence-electron chi connectivity index (χ0n) is 19.5. The van der Waals surface area contributed by atoms with E-state index in [9.17, 15) is 13.2 Å². The lowest BCUT2D eigenvalue weighted by molar-refractivity contribution is 0.246. The number of halogens is 4. The van der Waals surface area contributed by atoms with Gasteiger partial charge in [-0.3, -0.25) is 4.68 Å². The van der Waals surface area contributed by atoms with Gasteiger partial charge in [-0.05, 0) is 54.7 Å². The Balaban J connectivity index is 1.49. The summed E-state index contributed by atoms with van der Waals surface area (Å²) in [7, 11) is -2.91. The fourth-order valence-electron chi connectivity index (χ4n) is 4.01. The van der Waals surface area contributed by atoms with Crippen molar-refractivity contribution in [3.63, 3.8) is 0 Å². The Morgan fingerprint density at radius 1 is 1.14 bits per heavy atom. The molecule has 0 spiro atoms. The number of fused-ring (bicyclic) bond motifs is 1. The monoisotopic (exact) mass is 586 g/mol. The summed E-state index contributed by atoms with van der Waals surface area (Å²) in [6.07, 6.45) is 3.57. The molecule has 0 fully saturated rings. The third-order valence-electron chi connectivity index (χ3n) is 5.80. The molecule has 0 radical (unpaired) electrons. The van der Waals surface area contributed by atoms with Gasteiger partial charge < -0.3 is 10.1 Å². The molecule has 0 saturated heterocycles. The van der Waals surface area contributed by atoms with Crippen LogP contribution in [-0.4, -0.2) is 37.9 Å². The van der Waals surface area contributed by atoms with E-state index in [1.54, 1.807) is 29.1 Å². The zero-order valence-corrected chi connectivity index (χ0v) is 22.6. The molecule has 3 aromatic rings. The predicted molar refractivity (Wildman–Crippen MR) is 140 cm³/mol. The van der Waals surface area contributed by atoms with E-state index in [1.807, 2.05) is 4.72 Å². The molecule has 0 bridgehead atoms. The second kappa shape index (κ2) is 11.3. The smallest absolute Gasteiger partial charge is 0.329 e. The third-order valence-corrected chi connectivity index (χ3v) is 8.03. The Kier molecular flexibility index (Phi) is 8.33. The molecule has 2 aromatic carbocycles. The summed E-state index contributed by atoms with van der Waals surface area (Å²) in [6.45, 7) is -0.203. The van der Waals surface area contributed by atoms with E-state index in [-0.39, 0.29) is 15.7 Å². The van der Waals surface area contributed by atoms with E-state index in [1.165, 1.54) is 25.3 Å². The highest BCUT2D eigenvalue weighted by atomic mass is 35.5. The largest absolute Gasteiger partial charge is 0.495 e. The van der Waals surface area contributed by atoms with Crippen LogP contribution in [0.3, 0.4) is 0 Å². The maximum Gasteiger partial charge on any atom is 0.329 e. The molecule has 13 heteroatoms. The summed E-state index contributed by atoms with van der Waals surface area (Å²) in [5.74, 6) is -0.462. The number of nitrogens with one attached hydrogen (secondary N) is 2. The van der Waals surface area contributed by atoms with Gasteiger partial charge in [0.2, 0.25) is 0 Å². The number of urea groups is 1. The molecule has 2 amide bonds. The highest BCUT2D eigenvalue weighted by Crippen LogP contribution is 2.34. The van der Waals surface area contributed by atoms with E-state index < -0.39 is 28.4 Å². The molecule has 2 N–H and O–H groups in total. The highest BCUT2D eigenvalue weighted by Gasteiger charge is 2.25. The Labute approximate surface area is 228 Å². The number of carbonyl (C=O) groups excluding carboxylic acids is 1. The molecule has 4 rings (SSSR count). The Morgan fingerprint density at radius 3 is 2.65 bits per heavy atom. The summed E-state index contributed by atoms with van der Waals surface area (Å²) >= 11 is 18.2. The van der Waals surface area contributed by atoms with Crippen molar-refractivity contribution in [3.8, 4) is 5.75 Å². The molecule has 196 valence electrons. The minimum absolute atomic E-state index is 0.130. The van der Waals surface area contributed by atoms with Crippen LogP contribution in [0, 0.1) is 0 Å². The number of carbonyl (C=O) groups is 1. The van der Waals surface area contributed by atoms with E-state index in [2.05, 4.69) is 10.4 Å². The number of allylic oxidation sites excluding steroid dienone is 1. The summed E-state index contributed by atoms with van der Waals surface area (Å²) in [5.41, 5.74) is 2.67. The molecule has 1 aliphatic rings. The van der Waals surface area contributed by atoms with Gasteiger partial charge in [-0.1, -0.05) is 40.9 Å². The number of hydrogen-bond acceptors (Lipinski definition) is 5. The number of ether oxygens (including phenoxy) is 1. The number of sulfonamides is 1. The molecule has 8 nitrogen and oxygen atoms in total. The molecule has 0 saturated carbocycles. The van der Waals surface area contributed by atoms with Gasteiger partial charge in [0, 0.05) is 21.7 Å². The van der Waals surface area contributed by atoms with Crippen molar-refractivity contribution in [1.82, 2.24) is 19.8 Å². The number of methoxy groups -OCH3 is 1. The van der Waals surface area contributed by atoms with E-state index in [0.29, 0.717) is 40.7 Å². The van der Waals surface area contributed by atoms with Gasteiger partial charge in [0.25, 0.3) is 10.0 Å². The molecule has 0 atom stereocenters. The van der Waals surface area contributed by atoms with Gasteiger partial charge in [0.05, 0.1) is 42.0 Å². The van der Waals surface area contributed by atoms with Crippen molar-refractivity contribution in [1.29, 1.82) is 0 Å². The standard InChI is InChI=1S/C24H22Cl3FN4O4S/c1-36-22-10-17(7-8-19(22)26)37(34,35)31-24(33)29-12-21(28)18-4-2-3-14-11-30-32(23(14)18)13-15-5-6-16(25)9-20(15)27/h5-11H,2-4,12-13H2,1H3,(H2,29,31,33)/b21-18-. The average Bonchev–Trinajstić information content (AvgIpc) is 3.27. The van der Waals surface area contributed by atoms with Gasteiger partial charge in [-0.2, -0.15) is 5.10 Å². The SMILES string of the molecule is COc1cc(S(=O)(=O)NC(=O)NC/C(F)=C2\CCCc3cnn(Cc4ccc(Cl)cc4Cl)c32)ccc1Cl. The van der Waals surface area contributed by atoms with Crippen molar-refractivity contribution in [2.45, 2.75) is 30.7 Å². The molecule has 37 heavy (non-hydrogen) atoms. The van der Waals surface area contributed by atoms with Crippen LogP contribution < -0.4 is 14.8 Å². The number of rotatable bonds is 7. The van der Waals surface area contributed by atoms with Crippen LogP contribution in [0.15, 0.2) is 53.3 Å². The average molecular weight is 588 g/mol. The summed E-state index contributed by atoms with van der Waals surface area (Å²) < 4.78 is 49.0. The van der Waals surface area contributed by atoms with Crippen LogP contribution >= 0.6 is 34.8 Å². The van der Waals surface area contributed by atoms with Gasteiger partial charge >= 0.3 is 6.03 Å². The van der Waals surface area contributed by atoms with E-state index in [0.717, 1.165) is 17.5 Å². The fourth-order valence-corrected chi connectivity index (χ4v) is 5.62. The van der Waals surface area contributed by atoms with Gasteiger partial charge in [0.1, 0.15) is 11.6 Å². The third kappa shape index (κ3) is 6.20. The second-order valence-electron chi connectivity index (χ2n) is 8.23. The van der Waals surface area contributed by atoms with Crippen molar-refractivity contribution < 1.29 is 22.3 Å². The topological polar surface area (TPSA) is 102 Å². The maximum atomic E-state index is 15.3. The minimum Gasteiger partial charge on any atom is -0.495 e. The number of aryl methyl sites for hydroxylation is 1. The van der Waals surface area contributed by atoms with Gasteiger partial charge in [0.15, 0.2) is 0 Å². The summed E-state index contributed by atoms with van der Waals surface area (Å²) in [6, 6.07) is 7.78. The summed E-state index contributed by atoms with van der Waals surface area (Å²) in [4.78, 5) is 12.1. The normalized spacial score (nSPS) is 14.6. The van der Waals surface area contributed by atoms with Crippen molar-refractivity contribution in [3.05, 3.63) is 80.3 Å². The Bertz CT molecular complexity index is 1490. The molecule has 0 unspecified atom stereocenters. The Hall–Kier alpha value is -2.79. The number of aromatic nitrogens is 2. The second-order valence-corrected chi connectivity index (χ2v) is 11.2. The van der Waals surface area contributed by atoms with Gasteiger partial charge in [-0.15, -0.1) is 0 Å².